The molecule has 0 radical (unpaired) electrons. The van der Waals surface area contributed by atoms with Gasteiger partial charge >= 0.3 is 0 Å². The second kappa shape index (κ2) is 5.85. The maximum Gasteiger partial charge on any atom is 0.238 e. The fourth-order valence-corrected chi connectivity index (χ4v) is 1.59. The monoisotopic (exact) mass is 285 g/mol. The Kier molecular flexibility index (Phi) is 4.65. The van der Waals surface area contributed by atoms with Crippen molar-refractivity contribution in [3.8, 4) is 0 Å². The van der Waals surface area contributed by atoms with E-state index in [0.29, 0.717) is 0 Å². The highest BCUT2D eigenvalue weighted by Gasteiger charge is 2.37. The van der Waals surface area contributed by atoms with Gasteiger partial charge in [-0.1, -0.05) is 18.1 Å². The van der Waals surface area contributed by atoms with E-state index in [1.165, 1.54) is 19.9 Å². The first-order valence-corrected chi connectivity index (χ1v) is 6.02. The van der Waals surface area contributed by atoms with Crippen molar-refractivity contribution in [2.75, 3.05) is 5.32 Å². The zero-order chi connectivity index (χ0) is 15.5. The Morgan fingerprint density at radius 3 is 2.60 bits per heavy atom. The lowest BCUT2D eigenvalue weighted by Crippen LogP contribution is -2.44. The third kappa shape index (κ3) is 2.71. The van der Waals surface area contributed by atoms with Crippen LogP contribution in [0.4, 0.5) is 14.5 Å². The first-order valence-electron chi connectivity index (χ1n) is 6.02. The predicted molar refractivity (Wildman–Crippen MR) is 71.5 cm³/mol. The summed E-state index contributed by atoms with van der Waals surface area (Å²) >= 11 is 0. The number of aryl methyl sites for hydroxylation is 1. The highest BCUT2D eigenvalue weighted by Crippen LogP contribution is 2.27. The smallest absolute Gasteiger partial charge is 0.238 e. The first-order chi connectivity index (χ1) is 9.27. The van der Waals surface area contributed by atoms with Crippen LogP contribution in [0.25, 0.3) is 0 Å². The predicted octanol–water partition coefficient (Wildman–Crippen LogP) is 2.37. The maximum absolute atomic E-state index is 13.8. The second-order valence-corrected chi connectivity index (χ2v) is 4.68. The van der Waals surface area contributed by atoms with Crippen LogP contribution in [0.2, 0.25) is 0 Å². The highest BCUT2D eigenvalue weighted by molar-refractivity contribution is 6.11. The average Bonchev–Trinajstić information content (AvgIpc) is 2.45. The number of carbonyl (C=O) groups excluding carboxylic acids is 1. The molecule has 1 aromatic rings. The van der Waals surface area contributed by atoms with Crippen LogP contribution >= 0.6 is 0 Å². The number of amidine groups is 1. The van der Waals surface area contributed by atoms with E-state index in [1.54, 1.807) is 6.92 Å². The van der Waals surface area contributed by atoms with Crippen molar-refractivity contribution in [3.63, 3.8) is 0 Å². The normalized spacial score (nSPS) is 14.8. The van der Waals surface area contributed by atoms with Crippen LogP contribution in [0.15, 0.2) is 17.3 Å². The molecular weight excluding hydrogens is 268 g/mol. The van der Waals surface area contributed by atoms with Gasteiger partial charge in [0.1, 0.15) is 16.9 Å². The van der Waals surface area contributed by atoms with Crippen LogP contribution < -0.4 is 11.1 Å². The summed E-state index contributed by atoms with van der Waals surface area (Å²) in [7, 11) is 0. The summed E-state index contributed by atoms with van der Waals surface area (Å²) in [5.41, 5.74) is 3.77. The molecule has 0 heterocycles. The van der Waals surface area contributed by atoms with Crippen molar-refractivity contribution in [2.24, 2.45) is 16.3 Å². The van der Waals surface area contributed by atoms with Crippen LogP contribution in [0, 0.1) is 24.0 Å². The molecule has 1 aromatic carbocycles. The van der Waals surface area contributed by atoms with Gasteiger partial charge < -0.3 is 16.3 Å². The molecule has 1 amide bonds. The molecule has 0 aliphatic carbocycles. The fraction of sp³-hybridized carbons (Fsp3) is 0.385. The number of hydrogen-bond acceptors (Lipinski definition) is 3. The quantitative estimate of drug-likeness (QED) is 0.343. The molecule has 4 N–H and O–H groups in total. The Balaban J connectivity index is 3.17. The van der Waals surface area contributed by atoms with Crippen molar-refractivity contribution in [1.82, 2.24) is 0 Å². The van der Waals surface area contributed by atoms with Crippen LogP contribution in [0.3, 0.4) is 0 Å². The number of nitrogens with zero attached hydrogens (tertiary/aromatic N) is 1. The summed E-state index contributed by atoms with van der Waals surface area (Å²) in [4.78, 5) is 12.2. The van der Waals surface area contributed by atoms with Gasteiger partial charge in [-0.3, -0.25) is 4.79 Å². The van der Waals surface area contributed by atoms with Gasteiger partial charge in [0.05, 0.1) is 0 Å². The van der Waals surface area contributed by atoms with Crippen LogP contribution in [-0.2, 0) is 4.79 Å². The van der Waals surface area contributed by atoms with Crippen LogP contribution in [0.5, 0.6) is 0 Å². The molecular formula is C13H17F2N3O2. The maximum atomic E-state index is 13.8. The first kappa shape index (κ1) is 15.9. The van der Waals surface area contributed by atoms with E-state index in [-0.39, 0.29) is 17.8 Å². The number of amides is 1. The van der Waals surface area contributed by atoms with Gasteiger partial charge in [0.2, 0.25) is 5.91 Å². The van der Waals surface area contributed by atoms with Crippen molar-refractivity contribution in [3.05, 3.63) is 29.3 Å². The summed E-state index contributed by atoms with van der Waals surface area (Å²) in [5, 5.41) is 13.7. The zero-order valence-electron chi connectivity index (χ0n) is 11.5. The van der Waals surface area contributed by atoms with E-state index >= 15 is 0 Å². The largest absolute Gasteiger partial charge is 0.409 e. The fourth-order valence-electron chi connectivity index (χ4n) is 1.59. The molecule has 1 atom stereocenters. The van der Waals surface area contributed by atoms with E-state index < -0.39 is 28.6 Å². The van der Waals surface area contributed by atoms with Gasteiger partial charge in [0.25, 0.3) is 0 Å². The van der Waals surface area contributed by atoms with Gasteiger partial charge in [0, 0.05) is 0 Å². The van der Waals surface area contributed by atoms with E-state index in [1.807, 2.05) is 0 Å². The Morgan fingerprint density at radius 1 is 1.50 bits per heavy atom. The Hall–Kier alpha value is -2.18. The lowest BCUT2D eigenvalue weighted by atomic mass is 9.85. The molecule has 0 fully saturated rings. The van der Waals surface area contributed by atoms with Crippen molar-refractivity contribution >= 4 is 17.4 Å². The van der Waals surface area contributed by atoms with E-state index in [4.69, 9.17) is 10.9 Å². The van der Waals surface area contributed by atoms with E-state index in [9.17, 15) is 13.6 Å². The number of nitrogens with one attached hydrogen (secondary N) is 1. The number of carbonyl (C=O) groups is 1. The zero-order valence-corrected chi connectivity index (χ0v) is 11.5. The number of oxime groups is 1. The molecule has 1 rings (SSSR count). The van der Waals surface area contributed by atoms with Gasteiger partial charge in [-0.25, -0.2) is 8.78 Å². The lowest BCUT2D eigenvalue weighted by Gasteiger charge is -2.25. The van der Waals surface area contributed by atoms with E-state index in [0.717, 1.165) is 6.07 Å². The molecule has 1 unspecified atom stereocenters. The van der Waals surface area contributed by atoms with Crippen molar-refractivity contribution in [2.45, 2.75) is 27.2 Å². The van der Waals surface area contributed by atoms with Crippen molar-refractivity contribution < 1.29 is 18.8 Å². The molecule has 0 aliphatic rings. The summed E-state index contributed by atoms with van der Waals surface area (Å²) in [5.74, 6) is -2.82. The number of halogens is 2. The summed E-state index contributed by atoms with van der Waals surface area (Å²) in [6, 6.07) is 2.32. The number of hydrogen-bond donors (Lipinski definition) is 3. The lowest BCUT2D eigenvalue weighted by molar-refractivity contribution is -0.121. The molecule has 0 aliphatic heterocycles. The molecule has 0 aromatic heterocycles. The number of benzene rings is 1. The molecule has 0 saturated carbocycles. The Morgan fingerprint density at radius 2 is 2.10 bits per heavy atom. The minimum absolute atomic E-state index is 0.198. The Bertz CT molecular complexity index is 561. The minimum Gasteiger partial charge on any atom is -0.409 e. The number of rotatable bonds is 4. The van der Waals surface area contributed by atoms with E-state index in [2.05, 4.69) is 10.5 Å². The molecule has 7 heteroatoms. The molecule has 0 saturated heterocycles. The molecule has 0 spiro atoms. The number of anilines is 1. The van der Waals surface area contributed by atoms with Gasteiger partial charge in [-0.2, -0.15) is 0 Å². The average molecular weight is 285 g/mol. The Labute approximate surface area is 115 Å². The SMILES string of the molecule is CCC(C)(C(=O)Nc1c(F)ccc(C)c1F)/C(N)=N/O. The van der Waals surface area contributed by atoms with Gasteiger partial charge in [-0.05, 0) is 31.9 Å². The van der Waals surface area contributed by atoms with Crippen molar-refractivity contribution in [1.29, 1.82) is 0 Å². The molecule has 20 heavy (non-hydrogen) atoms. The summed E-state index contributed by atoms with van der Waals surface area (Å²) < 4.78 is 27.4. The molecule has 0 bridgehead atoms. The standard InChI is InChI=1S/C13H17F2N3O2/c1-4-13(3,11(16)18-20)12(19)17-10-8(14)6-5-7(2)9(10)15/h5-6,20H,4H2,1-3H3,(H2,16,18)(H,17,19). The summed E-state index contributed by atoms with van der Waals surface area (Å²) in [6.07, 6.45) is 0.198. The van der Waals surface area contributed by atoms with Crippen LogP contribution in [-0.4, -0.2) is 17.0 Å². The van der Waals surface area contributed by atoms with Gasteiger partial charge in [-0.15, -0.1) is 0 Å². The molecule has 5 nitrogen and oxygen atoms in total. The minimum atomic E-state index is -1.36. The second-order valence-electron chi connectivity index (χ2n) is 4.68. The topological polar surface area (TPSA) is 87.7 Å². The van der Waals surface area contributed by atoms with Gasteiger partial charge in [0.15, 0.2) is 11.7 Å². The highest BCUT2D eigenvalue weighted by atomic mass is 19.1. The van der Waals surface area contributed by atoms with Crippen LogP contribution in [0.1, 0.15) is 25.8 Å². The molecule has 110 valence electrons. The third-order valence-corrected chi connectivity index (χ3v) is 3.40. The third-order valence-electron chi connectivity index (χ3n) is 3.40. The number of nitrogens with two attached hydrogens (primary N) is 1. The summed E-state index contributed by atoms with van der Waals surface area (Å²) in [6.45, 7) is 4.51.